The van der Waals surface area contributed by atoms with E-state index in [9.17, 15) is 14.4 Å². The molecule has 0 aromatic carbocycles. The molecular formula is C9H14N2O4. The van der Waals surface area contributed by atoms with Crippen molar-refractivity contribution in [1.29, 1.82) is 0 Å². The van der Waals surface area contributed by atoms with Gasteiger partial charge >= 0.3 is 5.97 Å². The van der Waals surface area contributed by atoms with Gasteiger partial charge in [-0.1, -0.05) is 0 Å². The van der Waals surface area contributed by atoms with Gasteiger partial charge < -0.3 is 15.7 Å². The third-order valence-corrected chi connectivity index (χ3v) is 2.37. The van der Waals surface area contributed by atoms with Crippen LogP contribution in [0.2, 0.25) is 0 Å². The maximum Gasteiger partial charge on any atom is 0.325 e. The van der Waals surface area contributed by atoms with Crippen LogP contribution in [0.1, 0.15) is 19.8 Å². The van der Waals surface area contributed by atoms with Crippen LogP contribution in [0, 0.1) is 5.92 Å². The fourth-order valence-corrected chi connectivity index (χ4v) is 1.35. The lowest BCUT2D eigenvalue weighted by Crippen LogP contribution is -2.47. The Labute approximate surface area is 87.0 Å². The second-order valence-electron chi connectivity index (χ2n) is 3.61. The number of hydrogen-bond acceptors (Lipinski definition) is 3. The maximum absolute atomic E-state index is 11.5. The fraction of sp³-hybridized carbons (Fsp3) is 0.667. The van der Waals surface area contributed by atoms with E-state index in [1.165, 1.54) is 6.92 Å². The van der Waals surface area contributed by atoms with Crippen LogP contribution >= 0.6 is 0 Å². The largest absolute Gasteiger partial charge is 0.480 e. The normalized spacial score (nSPS) is 22.7. The van der Waals surface area contributed by atoms with Crippen LogP contribution in [-0.2, 0) is 14.4 Å². The number of piperidine rings is 1. The minimum atomic E-state index is -1.07. The zero-order valence-electron chi connectivity index (χ0n) is 8.45. The predicted molar refractivity (Wildman–Crippen MR) is 51.0 cm³/mol. The average molecular weight is 214 g/mol. The molecule has 2 atom stereocenters. The van der Waals surface area contributed by atoms with Gasteiger partial charge in [0.1, 0.15) is 6.04 Å². The first-order valence-corrected chi connectivity index (χ1v) is 4.80. The lowest BCUT2D eigenvalue weighted by molar-refractivity contribution is -0.142. The van der Waals surface area contributed by atoms with Gasteiger partial charge in [-0.2, -0.15) is 0 Å². The van der Waals surface area contributed by atoms with Gasteiger partial charge in [0.2, 0.25) is 11.8 Å². The van der Waals surface area contributed by atoms with Crippen LogP contribution in [0.15, 0.2) is 0 Å². The predicted octanol–water partition coefficient (Wildman–Crippen LogP) is -0.898. The van der Waals surface area contributed by atoms with Gasteiger partial charge in [-0.3, -0.25) is 14.4 Å². The van der Waals surface area contributed by atoms with Crippen LogP contribution in [0.5, 0.6) is 0 Å². The quantitative estimate of drug-likeness (QED) is 0.567. The van der Waals surface area contributed by atoms with Crippen molar-refractivity contribution in [2.45, 2.75) is 25.8 Å². The second kappa shape index (κ2) is 4.77. The molecule has 84 valence electrons. The third kappa shape index (κ3) is 3.23. The van der Waals surface area contributed by atoms with E-state index >= 15 is 0 Å². The van der Waals surface area contributed by atoms with Gasteiger partial charge in [-0.05, 0) is 13.3 Å². The van der Waals surface area contributed by atoms with E-state index in [0.29, 0.717) is 12.8 Å². The van der Waals surface area contributed by atoms with Crippen molar-refractivity contribution in [3.63, 3.8) is 0 Å². The Balaban J connectivity index is 2.40. The monoisotopic (exact) mass is 214 g/mol. The van der Waals surface area contributed by atoms with Crippen LogP contribution < -0.4 is 10.6 Å². The molecule has 1 aliphatic heterocycles. The number of rotatable bonds is 3. The molecule has 15 heavy (non-hydrogen) atoms. The van der Waals surface area contributed by atoms with Gasteiger partial charge in [-0.25, -0.2) is 0 Å². The van der Waals surface area contributed by atoms with Crippen molar-refractivity contribution < 1.29 is 19.5 Å². The van der Waals surface area contributed by atoms with E-state index in [1.54, 1.807) is 0 Å². The molecule has 1 unspecified atom stereocenters. The number of aliphatic carboxylic acids is 1. The van der Waals surface area contributed by atoms with Crippen LogP contribution in [0.4, 0.5) is 0 Å². The van der Waals surface area contributed by atoms with Crippen molar-refractivity contribution in [2.24, 2.45) is 5.92 Å². The zero-order valence-corrected chi connectivity index (χ0v) is 8.45. The lowest BCUT2D eigenvalue weighted by atomic mass is 9.98. The molecule has 6 heteroatoms. The summed E-state index contributed by atoms with van der Waals surface area (Å²) < 4.78 is 0. The van der Waals surface area contributed by atoms with Crippen LogP contribution in [-0.4, -0.2) is 35.5 Å². The molecular weight excluding hydrogens is 200 g/mol. The molecule has 1 saturated heterocycles. The Bertz CT molecular complexity index is 280. The van der Waals surface area contributed by atoms with Gasteiger partial charge in [0.25, 0.3) is 0 Å². The highest BCUT2D eigenvalue weighted by atomic mass is 16.4. The first-order valence-electron chi connectivity index (χ1n) is 4.80. The van der Waals surface area contributed by atoms with Crippen LogP contribution in [0.25, 0.3) is 0 Å². The number of nitrogens with one attached hydrogen (secondary N) is 2. The minimum Gasteiger partial charge on any atom is -0.480 e. The van der Waals surface area contributed by atoms with Gasteiger partial charge in [0.05, 0.1) is 5.92 Å². The van der Waals surface area contributed by atoms with E-state index < -0.39 is 12.0 Å². The van der Waals surface area contributed by atoms with Gasteiger partial charge in [0, 0.05) is 13.0 Å². The van der Waals surface area contributed by atoms with Gasteiger partial charge in [0.15, 0.2) is 0 Å². The number of carbonyl (C=O) groups is 3. The van der Waals surface area contributed by atoms with E-state index in [0.717, 1.165) is 0 Å². The first kappa shape index (κ1) is 11.5. The summed E-state index contributed by atoms with van der Waals surface area (Å²) in [5.41, 5.74) is 0. The molecule has 1 rings (SSSR count). The van der Waals surface area contributed by atoms with E-state index in [2.05, 4.69) is 10.6 Å². The minimum absolute atomic E-state index is 0.0645. The molecule has 6 nitrogen and oxygen atoms in total. The summed E-state index contributed by atoms with van der Waals surface area (Å²) in [6.45, 7) is 1.69. The van der Waals surface area contributed by atoms with E-state index in [-0.39, 0.29) is 24.3 Å². The highest BCUT2D eigenvalue weighted by Gasteiger charge is 2.26. The SMILES string of the molecule is C[C@H](NC(=O)C1CCC(=O)NC1)C(=O)O. The zero-order chi connectivity index (χ0) is 11.4. The first-order chi connectivity index (χ1) is 7.00. The number of carboxylic acids is 1. The Kier molecular flexibility index (Phi) is 3.65. The highest BCUT2D eigenvalue weighted by molar-refractivity contribution is 5.87. The topological polar surface area (TPSA) is 95.5 Å². The third-order valence-electron chi connectivity index (χ3n) is 2.37. The molecule has 3 N–H and O–H groups in total. The summed E-state index contributed by atoms with van der Waals surface area (Å²) in [6.07, 6.45) is 0.795. The number of carbonyl (C=O) groups excluding carboxylic acids is 2. The summed E-state index contributed by atoms with van der Waals surface area (Å²) in [7, 11) is 0. The lowest BCUT2D eigenvalue weighted by Gasteiger charge is -2.22. The summed E-state index contributed by atoms with van der Waals surface area (Å²) in [5, 5.41) is 13.5. The van der Waals surface area contributed by atoms with E-state index in [1.807, 2.05) is 0 Å². The molecule has 0 spiro atoms. The summed E-state index contributed by atoms with van der Waals surface area (Å²) in [5.74, 6) is -1.76. The Morgan fingerprint density at radius 3 is 2.73 bits per heavy atom. The average Bonchev–Trinajstić information content (AvgIpc) is 2.18. The standard InChI is InChI=1S/C9H14N2O4/c1-5(9(14)15)11-8(13)6-2-3-7(12)10-4-6/h5-6H,2-4H2,1H3,(H,10,12)(H,11,13)(H,14,15)/t5-,6?/m0/s1. The van der Waals surface area contributed by atoms with Crippen molar-refractivity contribution in [3.05, 3.63) is 0 Å². The summed E-state index contributed by atoms with van der Waals surface area (Å²) in [6, 6.07) is -0.893. The Morgan fingerprint density at radius 1 is 1.60 bits per heavy atom. The molecule has 1 aliphatic rings. The van der Waals surface area contributed by atoms with Crippen molar-refractivity contribution in [2.75, 3.05) is 6.54 Å². The maximum atomic E-state index is 11.5. The smallest absolute Gasteiger partial charge is 0.325 e. The second-order valence-corrected chi connectivity index (χ2v) is 3.61. The molecule has 0 saturated carbocycles. The van der Waals surface area contributed by atoms with Crippen molar-refractivity contribution in [3.8, 4) is 0 Å². The highest BCUT2D eigenvalue weighted by Crippen LogP contribution is 2.10. The summed E-state index contributed by atoms with van der Waals surface area (Å²) in [4.78, 5) is 32.8. The molecule has 0 aromatic rings. The molecule has 0 bridgehead atoms. The number of carboxylic acid groups (broad SMARTS) is 1. The Morgan fingerprint density at radius 2 is 2.27 bits per heavy atom. The molecule has 1 heterocycles. The summed E-state index contributed by atoms with van der Waals surface area (Å²) >= 11 is 0. The molecule has 0 radical (unpaired) electrons. The fourth-order valence-electron chi connectivity index (χ4n) is 1.35. The Hall–Kier alpha value is -1.59. The number of hydrogen-bond donors (Lipinski definition) is 3. The van der Waals surface area contributed by atoms with Crippen LogP contribution in [0.3, 0.4) is 0 Å². The number of amides is 2. The van der Waals surface area contributed by atoms with Crippen molar-refractivity contribution >= 4 is 17.8 Å². The molecule has 0 aromatic heterocycles. The van der Waals surface area contributed by atoms with E-state index in [4.69, 9.17) is 5.11 Å². The molecule has 0 aliphatic carbocycles. The molecule has 1 fully saturated rings. The van der Waals surface area contributed by atoms with Gasteiger partial charge in [-0.15, -0.1) is 0 Å². The van der Waals surface area contributed by atoms with Crippen molar-refractivity contribution in [1.82, 2.24) is 10.6 Å². The molecule has 2 amide bonds.